The van der Waals surface area contributed by atoms with Crippen molar-refractivity contribution in [1.82, 2.24) is 19.5 Å². The molecule has 4 rings (SSSR count). The van der Waals surface area contributed by atoms with Crippen LogP contribution in [0.2, 0.25) is 5.28 Å². The van der Waals surface area contributed by atoms with Crippen molar-refractivity contribution in [3.63, 3.8) is 0 Å². The van der Waals surface area contributed by atoms with E-state index in [1.54, 1.807) is 4.57 Å². The van der Waals surface area contributed by atoms with Gasteiger partial charge in [0, 0.05) is 0 Å². The van der Waals surface area contributed by atoms with Crippen LogP contribution < -0.4 is 4.74 Å². The summed E-state index contributed by atoms with van der Waals surface area (Å²) < 4.78 is 12.5. The molecule has 1 saturated heterocycles. The van der Waals surface area contributed by atoms with E-state index in [0.29, 0.717) is 11.2 Å². The van der Waals surface area contributed by atoms with Crippen LogP contribution in [0, 0.1) is 5.41 Å². The highest BCUT2D eigenvalue weighted by Gasteiger charge is 2.77. The average molecular weight is 343 g/mol. The number of fused-ring (bicyclic) bond motifs is 2. The summed E-state index contributed by atoms with van der Waals surface area (Å²) in [6.07, 6.45) is -0.588. The zero-order chi connectivity index (χ0) is 16.4. The van der Waals surface area contributed by atoms with Crippen molar-refractivity contribution in [1.29, 1.82) is 0 Å². The summed E-state index contributed by atoms with van der Waals surface area (Å²) in [5.74, 6) is 0.248. The van der Waals surface area contributed by atoms with E-state index < -0.39 is 23.7 Å². The molecule has 3 unspecified atom stereocenters. The van der Waals surface area contributed by atoms with E-state index in [4.69, 9.17) is 21.1 Å². The van der Waals surface area contributed by atoms with Gasteiger partial charge >= 0.3 is 0 Å². The van der Waals surface area contributed by atoms with Gasteiger partial charge < -0.3 is 29.4 Å². The first-order chi connectivity index (χ1) is 11.1. The van der Waals surface area contributed by atoms with Gasteiger partial charge in [-0.3, -0.25) is 0 Å². The van der Waals surface area contributed by atoms with Crippen LogP contribution in [0.3, 0.4) is 0 Å². The molecule has 1 saturated carbocycles. The Morgan fingerprint density at radius 1 is 1.43 bits per heavy atom. The van der Waals surface area contributed by atoms with Crippen molar-refractivity contribution in [2.24, 2.45) is 5.41 Å². The quantitative estimate of drug-likeness (QED) is 0.614. The van der Waals surface area contributed by atoms with Crippen molar-refractivity contribution in [3.05, 3.63) is 11.6 Å². The van der Waals surface area contributed by atoms with Gasteiger partial charge in [0.15, 0.2) is 11.2 Å². The number of ether oxygens (including phenoxy) is 2. The smallest absolute Gasteiger partial charge is 0.246 e. The fourth-order valence-electron chi connectivity index (χ4n) is 3.59. The van der Waals surface area contributed by atoms with Crippen LogP contribution in [0.25, 0.3) is 11.2 Å². The van der Waals surface area contributed by atoms with Crippen LogP contribution in [-0.4, -0.2) is 73.5 Å². The Hall–Kier alpha value is -1.52. The second-order valence-electron chi connectivity index (χ2n) is 5.76. The maximum atomic E-state index is 10.4. The number of aliphatic hydroxyl groups is 3. The summed E-state index contributed by atoms with van der Waals surface area (Å²) in [5, 5.41) is 29.4. The molecule has 5 atom stereocenters. The molecule has 3 N–H and O–H groups in total. The molecule has 0 amide bonds. The number of hydrogen-bond donors (Lipinski definition) is 3. The molecule has 0 aromatic carbocycles. The Labute approximate surface area is 135 Å². The van der Waals surface area contributed by atoms with E-state index in [1.165, 1.54) is 13.4 Å². The van der Waals surface area contributed by atoms with Gasteiger partial charge in [0.1, 0.15) is 6.10 Å². The van der Waals surface area contributed by atoms with E-state index in [2.05, 4.69) is 15.0 Å². The minimum absolute atomic E-state index is 0.00894. The molecule has 23 heavy (non-hydrogen) atoms. The average Bonchev–Trinajstić information content (AvgIpc) is 2.84. The maximum absolute atomic E-state index is 10.4. The van der Waals surface area contributed by atoms with Gasteiger partial charge in [-0.1, -0.05) is 0 Å². The fraction of sp³-hybridized carbons (Fsp3) is 0.615. The maximum Gasteiger partial charge on any atom is 0.246 e. The Morgan fingerprint density at radius 2 is 2.22 bits per heavy atom. The van der Waals surface area contributed by atoms with Crippen LogP contribution >= 0.6 is 11.6 Å². The molecule has 0 radical (unpaired) electrons. The minimum atomic E-state index is -0.982. The molecule has 3 heterocycles. The lowest BCUT2D eigenvalue weighted by molar-refractivity contribution is -0.0486. The first kappa shape index (κ1) is 15.0. The first-order valence-electron chi connectivity index (χ1n) is 7.07. The zero-order valence-electron chi connectivity index (χ0n) is 12.1. The molecular weight excluding hydrogens is 328 g/mol. The zero-order valence-corrected chi connectivity index (χ0v) is 12.9. The summed E-state index contributed by atoms with van der Waals surface area (Å²) >= 11 is 5.91. The molecule has 2 aromatic rings. The lowest BCUT2D eigenvalue weighted by Crippen LogP contribution is -2.37. The monoisotopic (exact) mass is 342 g/mol. The van der Waals surface area contributed by atoms with E-state index in [1.807, 2.05) is 0 Å². The van der Waals surface area contributed by atoms with Gasteiger partial charge in [0.25, 0.3) is 0 Å². The van der Waals surface area contributed by atoms with E-state index in [9.17, 15) is 15.3 Å². The van der Waals surface area contributed by atoms with Crippen molar-refractivity contribution in [2.45, 2.75) is 24.4 Å². The second kappa shape index (κ2) is 4.99. The second-order valence-corrected chi connectivity index (χ2v) is 6.10. The number of methoxy groups -OCH3 is 1. The van der Waals surface area contributed by atoms with Crippen molar-refractivity contribution in [3.8, 4) is 5.88 Å². The van der Waals surface area contributed by atoms with Gasteiger partial charge in [0.05, 0.1) is 50.3 Å². The van der Waals surface area contributed by atoms with Crippen molar-refractivity contribution < 1.29 is 24.8 Å². The summed E-state index contributed by atoms with van der Waals surface area (Å²) in [5.41, 5.74) is -0.0142. The molecule has 2 aliphatic rings. The fourth-order valence-corrected chi connectivity index (χ4v) is 3.75. The molecule has 1 aliphatic carbocycles. The third-order valence-electron chi connectivity index (χ3n) is 4.79. The summed E-state index contributed by atoms with van der Waals surface area (Å²) in [6.45, 7) is -0.589. The molecular formula is C13H15ClN4O5. The minimum Gasteiger partial charge on any atom is -0.479 e. The largest absolute Gasteiger partial charge is 0.479 e. The standard InChI is InChI=1S/C13H15ClN4O5/c1-22-11-6-10(16-12(14)17-11)18(4-15-6)7-9-13(7,3-20)8(21)5(2-19)23-9/h4-5,7-9,19-21H,2-3H2,1H3/t5-,7?,8?,9+,13?/m1/s1. The number of aromatic nitrogens is 4. The lowest BCUT2D eigenvalue weighted by atomic mass is 9.96. The Morgan fingerprint density at radius 3 is 2.83 bits per heavy atom. The van der Waals surface area contributed by atoms with Crippen LogP contribution in [-0.2, 0) is 4.74 Å². The highest BCUT2D eigenvalue weighted by Crippen LogP contribution is 2.66. The topological polar surface area (TPSA) is 123 Å². The van der Waals surface area contributed by atoms with Crippen LogP contribution in [0.15, 0.2) is 6.33 Å². The number of aliphatic hydroxyl groups excluding tert-OH is 3. The van der Waals surface area contributed by atoms with E-state index in [0.717, 1.165) is 0 Å². The summed E-state index contributed by atoms with van der Waals surface area (Å²) in [7, 11) is 1.46. The molecule has 2 fully saturated rings. The molecule has 2 aromatic heterocycles. The number of nitrogens with zero attached hydrogens (tertiary/aromatic N) is 4. The molecule has 9 nitrogen and oxygen atoms in total. The number of imidazole rings is 1. The lowest BCUT2D eigenvalue weighted by Gasteiger charge is -2.23. The highest BCUT2D eigenvalue weighted by molar-refractivity contribution is 6.28. The Bertz CT molecular complexity index is 770. The molecule has 124 valence electrons. The Balaban J connectivity index is 1.79. The van der Waals surface area contributed by atoms with Crippen LogP contribution in [0.1, 0.15) is 6.04 Å². The van der Waals surface area contributed by atoms with Gasteiger partial charge in [-0.2, -0.15) is 9.97 Å². The summed E-state index contributed by atoms with van der Waals surface area (Å²) in [4.78, 5) is 12.4. The highest BCUT2D eigenvalue weighted by atomic mass is 35.5. The van der Waals surface area contributed by atoms with Crippen LogP contribution in [0.5, 0.6) is 5.88 Å². The number of halogens is 1. The third-order valence-corrected chi connectivity index (χ3v) is 4.96. The van der Waals surface area contributed by atoms with Gasteiger partial charge in [-0.15, -0.1) is 0 Å². The Kier molecular flexibility index (Phi) is 3.26. The summed E-state index contributed by atoms with van der Waals surface area (Å²) in [6, 6.07) is -0.356. The third kappa shape index (κ3) is 1.79. The normalized spacial score (nSPS) is 35.5. The molecule has 0 spiro atoms. The van der Waals surface area contributed by atoms with E-state index >= 15 is 0 Å². The molecule has 0 bridgehead atoms. The van der Waals surface area contributed by atoms with E-state index in [-0.39, 0.29) is 30.4 Å². The number of hydrogen-bond acceptors (Lipinski definition) is 8. The predicted molar refractivity (Wildman–Crippen MR) is 77.2 cm³/mol. The SMILES string of the molecule is COc1nc(Cl)nc2c1ncn2C1[C@@H]2O[C@H](CO)C(O)C12CO. The van der Waals surface area contributed by atoms with Gasteiger partial charge in [-0.25, -0.2) is 4.98 Å². The molecule has 10 heteroatoms. The first-order valence-corrected chi connectivity index (χ1v) is 7.45. The van der Waals surface area contributed by atoms with Crippen LogP contribution in [0.4, 0.5) is 0 Å². The molecule has 1 aliphatic heterocycles. The number of rotatable bonds is 4. The predicted octanol–water partition coefficient (Wildman–Crippen LogP) is -0.858. The van der Waals surface area contributed by atoms with Crippen molar-refractivity contribution in [2.75, 3.05) is 20.3 Å². The van der Waals surface area contributed by atoms with Gasteiger partial charge in [0.2, 0.25) is 11.2 Å². The van der Waals surface area contributed by atoms with Crippen molar-refractivity contribution >= 4 is 22.8 Å². The van der Waals surface area contributed by atoms with Gasteiger partial charge in [-0.05, 0) is 11.6 Å².